The Morgan fingerprint density at radius 1 is 1.19 bits per heavy atom. The molecule has 1 heterocycles. The van der Waals surface area contributed by atoms with Crippen LogP contribution >= 0.6 is 15.9 Å². The molecule has 0 unspecified atom stereocenters. The Morgan fingerprint density at radius 2 is 2.05 bits per heavy atom. The van der Waals surface area contributed by atoms with Crippen LogP contribution in [0.5, 0.6) is 0 Å². The van der Waals surface area contributed by atoms with E-state index in [4.69, 9.17) is 5.73 Å². The summed E-state index contributed by atoms with van der Waals surface area (Å²) in [5, 5.41) is 12.0. The van der Waals surface area contributed by atoms with Gasteiger partial charge in [0.05, 0.1) is 6.54 Å². The van der Waals surface area contributed by atoms with Crippen molar-refractivity contribution in [1.82, 2.24) is 20.2 Å². The lowest BCUT2D eigenvalue weighted by atomic mass is 10.1. The van der Waals surface area contributed by atoms with Crippen molar-refractivity contribution >= 4 is 21.6 Å². The minimum atomic E-state index is 0.592. The molecule has 2 N–H and O–H groups in total. The Morgan fingerprint density at radius 3 is 2.86 bits per heavy atom. The molecule has 3 rings (SSSR count). The molecule has 0 aliphatic rings. The van der Waals surface area contributed by atoms with E-state index in [1.165, 1.54) is 0 Å². The molecule has 0 aliphatic heterocycles. The van der Waals surface area contributed by atoms with Crippen molar-refractivity contribution in [3.05, 3.63) is 58.1 Å². The summed E-state index contributed by atoms with van der Waals surface area (Å²) >= 11 is 3.47. The predicted octanol–water partition coefficient (Wildman–Crippen LogP) is 3.04. The number of hydrogen-bond donors (Lipinski definition) is 1. The zero-order valence-electron chi connectivity index (χ0n) is 11.5. The maximum Gasteiger partial charge on any atom is 0.184 e. The molecule has 1 aromatic heterocycles. The number of nitrogens with two attached hydrogens (primary N) is 1. The molecule has 0 amide bonds. The molecule has 3 aromatic rings. The first-order valence-electron chi connectivity index (χ1n) is 6.50. The molecular weight excluding hydrogens is 330 g/mol. The number of nitrogen functional groups attached to an aromatic ring is 1. The quantitative estimate of drug-likeness (QED) is 0.742. The van der Waals surface area contributed by atoms with Gasteiger partial charge in [-0.1, -0.05) is 39.7 Å². The van der Waals surface area contributed by atoms with Gasteiger partial charge in [0.15, 0.2) is 5.82 Å². The largest absolute Gasteiger partial charge is 0.398 e. The Balaban J connectivity index is 1.99. The van der Waals surface area contributed by atoms with Crippen LogP contribution in [0.4, 0.5) is 5.69 Å². The highest BCUT2D eigenvalue weighted by Gasteiger charge is 2.12. The Hall–Kier alpha value is -2.21. The Bertz CT molecular complexity index is 781. The van der Waals surface area contributed by atoms with E-state index in [-0.39, 0.29) is 0 Å². The van der Waals surface area contributed by atoms with Crippen LogP contribution in [-0.2, 0) is 6.54 Å². The van der Waals surface area contributed by atoms with E-state index < -0.39 is 0 Å². The van der Waals surface area contributed by atoms with E-state index in [1.807, 2.05) is 49.4 Å². The number of aryl methyl sites for hydroxylation is 1. The van der Waals surface area contributed by atoms with E-state index in [0.717, 1.165) is 21.2 Å². The first-order valence-corrected chi connectivity index (χ1v) is 7.30. The maximum atomic E-state index is 6.05. The zero-order valence-corrected chi connectivity index (χ0v) is 13.1. The SMILES string of the molecule is Cc1ccc(N)c(-c2nnnn2Cc2cccc(Br)c2)c1. The van der Waals surface area contributed by atoms with Gasteiger partial charge in [-0.05, 0) is 47.2 Å². The summed E-state index contributed by atoms with van der Waals surface area (Å²) in [7, 11) is 0. The third-order valence-corrected chi connectivity index (χ3v) is 3.70. The van der Waals surface area contributed by atoms with E-state index in [1.54, 1.807) is 4.68 Å². The van der Waals surface area contributed by atoms with Gasteiger partial charge in [0.1, 0.15) is 0 Å². The second-order valence-electron chi connectivity index (χ2n) is 4.88. The monoisotopic (exact) mass is 343 g/mol. The fraction of sp³-hybridized carbons (Fsp3) is 0.133. The first kappa shape index (κ1) is 13.8. The zero-order chi connectivity index (χ0) is 14.8. The van der Waals surface area contributed by atoms with Crippen LogP contribution in [-0.4, -0.2) is 20.2 Å². The third-order valence-electron chi connectivity index (χ3n) is 3.20. The van der Waals surface area contributed by atoms with Crippen LogP contribution < -0.4 is 5.73 Å². The van der Waals surface area contributed by atoms with Crippen LogP contribution in [0.2, 0.25) is 0 Å². The number of aromatic nitrogens is 4. The molecule has 0 radical (unpaired) electrons. The van der Waals surface area contributed by atoms with E-state index in [2.05, 4.69) is 31.5 Å². The van der Waals surface area contributed by atoms with Crippen molar-refractivity contribution < 1.29 is 0 Å². The number of anilines is 1. The number of halogens is 1. The molecule has 0 bridgehead atoms. The summed E-state index contributed by atoms with van der Waals surface area (Å²) in [4.78, 5) is 0. The average Bonchev–Trinajstić information content (AvgIpc) is 2.89. The highest BCUT2D eigenvalue weighted by atomic mass is 79.9. The number of tetrazole rings is 1. The highest BCUT2D eigenvalue weighted by Crippen LogP contribution is 2.25. The molecule has 0 fully saturated rings. The summed E-state index contributed by atoms with van der Waals surface area (Å²) in [6, 6.07) is 13.9. The number of nitrogens with zero attached hydrogens (tertiary/aromatic N) is 4. The summed E-state index contributed by atoms with van der Waals surface area (Å²) in [5.74, 6) is 0.677. The maximum absolute atomic E-state index is 6.05. The van der Waals surface area contributed by atoms with Crippen LogP contribution in [0.3, 0.4) is 0 Å². The summed E-state index contributed by atoms with van der Waals surface area (Å²) in [6.07, 6.45) is 0. The molecule has 6 heteroatoms. The fourth-order valence-electron chi connectivity index (χ4n) is 2.18. The molecule has 2 aromatic carbocycles. The van der Waals surface area contributed by atoms with Crippen LogP contribution in [0.1, 0.15) is 11.1 Å². The minimum absolute atomic E-state index is 0.592. The van der Waals surface area contributed by atoms with Gasteiger partial charge >= 0.3 is 0 Å². The van der Waals surface area contributed by atoms with Crippen molar-refractivity contribution in [3.63, 3.8) is 0 Å². The Labute approximate surface area is 130 Å². The smallest absolute Gasteiger partial charge is 0.184 e. The number of benzene rings is 2. The standard InChI is InChI=1S/C15H14BrN5/c1-10-5-6-14(17)13(7-10)15-18-19-20-21(15)9-11-3-2-4-12(16)8-11/h2-8H,9,17H2,1H3. The van der Waals surface area contributed by atoms with E-state index >= 15 is 0 Å². The lowest BCUT2D eigenvalue weighted by Gasteiger charge is -2.08. The molecule has 0 atom stereocenters. The van der Waals surface area contributed by atoms with E-state index in [9.17, 15) is 0 Å². The second kappa shape index (κ2) is 5.65. The topological polar surface area (TPSA) is 69.6 Å². The lowest BCUT2D eigenvalue weighted by molar-refractivity contribution is 0.653. The molecule has 0 saturated carbocycles. The predicted molar refractivity (Wildman–Crippen MR) is 85.6 cm³/mol. The van der Waals surface area contributed by atoms with Crippen LogP contribution in [0, 0.1) is 6.92 Å². The van der Waals surface area contributed by atoms with Gasteiger partial charge in [0.25, 0.3) is 0 Å². The van der Waals surface area contributed by atoms with Gasteiger partial charge in [0, 0.05) is 15.7 Å². The van der Waals surface area contributed by atoms with Gasteiger partial charge in [-0.3, -0.25) is 0 Å². The molecular formula is C15H14BrN5. The normalized spacial score (nSPS) is 10.8. The van der Waals surface area contributed by atoms with Crippen molar-refractivity contribution in [2.75, 3.05) is 5.73 Å². The van der Waals surface area contributed by atoms with Crippen molar-refractivity contribution in [2.24, 2.45) is 0 Å². The van der Waals surface area contributed by atoms with Gasteiger partial charge in [-0.15, -0.1) is 5.10 Å². The number of rotatable bonds is 3. The van der Waals surface area contributed by atoms with Crippen molar-refractivity contribution in [1.29, 1.82) is 0 Å². The third kappa shape index (κ3) is 2.95. The summed E-state index contributed by atoms with van der Waals surface area (Å²) in [6.45, 7) is 2.61. The van der Waals surface area contributed by atoms with Gasteiger partial charge < -0.3 is 5.73 Å². The van der Waals surface area contributed by atoms with E-state index in [0.29, 0.717) is 18.1 Å². The number of hydrogen-bond acceptors (Lipinski definition) is 4. The van der Waals surface area contributed by atoms with Crippen LogP contribution in [0.25, 0.3) is 11.4 Å². The lowest BCUT2D eigenvalue weighted by Crippen LogP contribution is -2.05. The Kier molecular flexibility index (Phi) is 3.70. The minimum Gasteiger partial charge on any atom is -0.398 e. The molecule has 0 spiro atoms. The molecule has 0 saturated heterocycles. The second-order valence-corrected chi connectivity index (χ2v) is 5.80. The average molecular weight is 344 g/mol. The van der Waals surface area contributed by atoms with Gasteiger partial charge in [-0.2, -0.15) is 0 Å². The molecule has 106 valence electrons. The summed E-state index contributed by atoms with van der Waals surface area (Å²) in [5.41, 5.74) is 9.82. The molecule has 5 nitrogen and oxygen atoms in total. The van der Waals surface area contributed by atoms with Gasteiger partial charge in [-0.25, -0.2) is 4.68 Å². The van der Waals surface area contributed by atoms with Crippen molar-refractivity contribution in [3.8, 4) is 11.4 Å². The first-order chi connectivity index (χ1) is 10.1. The molecule has 0 aliphatic carbocycles. The fourth-order valence-corrected chi connectivity index (χ4v) is 2.62. The highest BCUT2D eigenvalue weighted by molar-refractivity contribution is 9.10. The van der Waals surface area contributed by atoms with Crippen molar-refractivity contribution in [2.45, 2.75) is 13.5 Å². The summed E-state index contributed by atoms with van der Waals surface area (Å²) < 4.78 is 2.79. The molecule has 21 heavy (non-hydrogen) atoms. The van der Waals surface area contributed by atoms with Crippen LogP contribution in [0.15, 0.2) is 46.9 Å². The van der Waals surface area contributed by atoms with Gasteiger partial charge in [0.2, 0.25) is 0 Å².